The van der Waals surface area contributed by atoms with Gasteiger partial charge in [-0.1, -0.05) is 53.0 Å². The Morgan fingerprint density at radius 3 is 2.21 bits per heavy atom. The number of rotatable bonds is 4. The Hall–Kier alpha value is -1.47. The van der Waals surface area contributed by atoms with Gasteiger partial charge in [-0.15, -0.1) is 0 Å². The first-order chi connectivity index (χ1) is 13.7. The van der Waals surface area contributed by atoms with Crippen LogP contribution in [0.5, 0.6) is 0 Å². The molecule has 9 heteroatoms. The second-order valence-electron chi connectivity index (χ2n) is 6.76. The molecule has 0 atom stereocenters. The van der Waals surface area contributed by atoms with Gasteiger partial charge in [0.1, 0.15) is 0 Å². The van der Waals surface area contributed by atoms with Crippen molar-refractivity contribution in [2.75, 3.05) is 32.7 Å². The van der Waals surface area contributed by atoms with Gasteiger partial charge in [0.15, 0.2) is 0 Å². The predicted molar refractivity (Wildman–Crippen MR) is 109 cm³/mol. The van der Waals surface area contributed by atoms with Gasteiger partial charge in [-0.2, -0.15) is 13.2 Å². The highest BCUT2D eigenvalue weighted by molar-refractivity contribution is 6.46. The van der Waals surface area contributed by atoms with Gasteiger partial charge in [-0.25, -0.2) is 0 Å². The number of carbonyl (C=O) groups excluding carboxylic acids is 1. The standard InChI is InChI=1S/C20H18Cl3F3N2O/c21-15-5-6-16(22)18(23)17(15)19(29)28-11-9-27(10-12-28)8-7-13-3-1-2-4-14(13)20(24,25)26/h1-6H,7-12H2. The van der Waals surface area contributed by atoms with E-state index in [1.54, 1.807) is 11.0 Å². The number of piperazine rings is 1. The molecule has 0 N–H and O–H groups in total. The molecular formula is C20H18Cl3F3N2O. The van der Waals surface area contributed by atoms with E-state index in [0.29, 0.717) is 32.7 Å². The van der Waals surface area contributed by atoms with E-state index in [4.69, 9.17) is 34.8 Å². The molecular weight excluding hydrogens is 448 g/mol. The van der Waals surface area contributed by atoms with Gasteiger partial charge >= 0.3 is 6.18 Å². The highest BCUT2D eigenvalue weighted by Crippen LogP contribution is 2.33. The number of nitrogens with zero attached hydrogens (tertiary/aromatic N) is 2. The van der Waals surface area contributed by atoms with Crippen molar-refractivity contribution in [3.8, 4) is 0 Å². The lowest BCUT2D eigenvalue weighted by atomic mass is 10.0. The molecule has 1 amide bonds. The van der Waals surface area contributed by atoms with Gasteiger partial charge in [0.25, 0.3) is 5.91 Å². The van der Waals surface area contributed by atoms with E-state index in [1.807, 2.05) is 4.90 Å². The monoisotopic (exact) mass is 464 g/mol. The Balaban J connectivity index is 1.60. The van der Waals surface area contributed by atoms with Gasteiger partial charge in [0.05, 0.1) is 26.2 Å². The molecule has 2 aromatic rings. The number of benzene rings is 2. The fourth-order valence-electron chi connectivity index (χ4n) is 3.35. The smallest absolute Gasteiger partial charge is 0.336 e. The number of halogens is 6. The van der Waals surface area contributed by atoms with Crippen LogP contribution in [-0.2, 0) is 12.6 Å². The third-order valence-corrected chi connectivity index (χ3v) is 6.06. The van der Waals surface area contributed by atoms with E-state index in [2.05, 4.69) is 0 Å². The normalized spacial score (nSPS) is 15.6. The number of carbonyl (C=O) groups is 1. The van der Waals surface area contributed by atoms with Crippen molar-refractivity contribution in [1.29, 1.82) is 0 Å². The van der Waals surface area contributed by atoms with Crippen LogP contribution in [0.2, 0.25) is 15.1 Å². The minimum atomic E-state index is -4.36. The summed E-state index contributed by atoms with van der Waals surface area (Å²) in [6.45, 7) is 2.44. The maximum absolute atomic E-state index is 13.1. The second-order valence-corrected chi connectivity index (χ2v) is 7.95. The van der Waals surface area contributed by atoms with Gasteiger partial charge < -0.3 is 4.90 Å². The molecule has 0 aliphatic carbocycles. The lowest BCUT2D eigenvalue weighted by Gasteiger charge is -2.35. The Morgan fingerprint density at radius 1 is 0.931 bits per heavy atom. The second kappa shape index (κ2) is 9.13. The van der Waals surface area contributed by atoms with Crippen molar-refractivity contribution in [3.63, 3.8) is 0 Å². The van der Waals surface area contributed by atoms with Crippen LogP contribution in [0.1, 0.15) is 21.5 Å². The topological polar surface area (TPSA) is 23.6 Å². The fraction of sp³-hybridized carbons (Fsp3) is 0.350. The van der Waals surface area contributed by atoms with Crippen molar-refractivity contribution < 1.29 is 18.0 Å². The molecule has 1 aliphatic heterocycles. The number of hydrogen-bond donors (Lipinski definition) is 0. The summed E-state index contributed by atoms with van der Waals surface area (Å²) in [5.41, 5.74) is -0.150. The maximum atomic E-state index is 13.1. The highest BCUT2D eigenvalue weighted by Gasteiger charge is 2.33. The minimum Gasteiger partial charge on any atom is -0.336 e. The van der Waals surface area contributed by atoms with Crippen LogP contribution < -0.4 is 0 Å². The summed E-state index contributed by atoms with van der Waals surface area (Å²) in [6.07, 6.45) is -4.08. The Morgan fingerprint density at radius 2 is 1.55 bits per heavy atom. The van der Waals surface area contributed by atoms with E-state index in [0.717, 1.165) is 6.07 Å². The zero-order valence-electron chi connectivity index (χ0n) is 15.3. The highest BCUT2D eigenvalue weighted by atomic mass is 35.5. The van der Waals surface area contributed by atoms with E-state index >= 15 is 0 Å². The number of alkyl halides is 3. The van der Waals surface area contributed by atoms with Crippen LogP contribution in [0.25, 0.3) is 0 Å². The lowest BCUT2D eigenvalue weighted by molar-refractivity contribution is -0.138. The van der Waals surface area contributed by atoms with Gasteiger partial charge in [0, 0.05) is 32.7 Å². The van der Waals surface area contributed by atoms with E-state index < -0.39 is 11.7 Å². The van der Waals surface area contributed by atoms with Crippen molar-refractivity contribution >= 4 is 40.7 Å². The molecule has 1 fully saturated rings. The predicted octanol–water partition coefficient (Wildman–Crippen LogP) is 5.67. The average Bonchev–Trinajstić information content (AvgIpc) is 2.69. The number of amides is 1. The third kappa shape index (κ3) is 5.18. The molecule has 0 radical (unpaired) electrons. The molecule has 0 aromatic heterocycles. The first-order valence-electron chi connectivity index (χ1n) is 8.98. The lowest BCUT2D eigenvalue weighted by Crippen LogP contribution is -2.49. The largest absolute Gasteiger partial charge is 0.416 e. The summed E-state index contributed by atoms with van der Waals surface area (Å²) < 4.78 is 39.4. The van der Waals surface area contributed by atoms with Crippen LogP contribution in [0.4, 0.5) is 13.2 Å². The maximum Gasteiger partial charge on any atom is 0.416 e. The van der Waals surface area contributed by atoms with Crippen LogP contribution in [-0.4, -0.2) is 48.4 Å². The summed E-state index contributed by atoms with van der Waals surface area (Å²) in [5.74, 6) is -0.301. The SMILES string of the molecule is O=C(c1c(Cl)ccc(Cl)c1Cl)N1CCN(CCc2ccccc2C(F)(F)F)CC1. The molecule has 1 aliphatic rings. The summed E-state index contributed by atoms with van der Waals surface area (Å²) in [4.78, 5) is 16.5. The van der Waals surface area contributed by atoms with Crippen LogP contribution in [0, 0.1) is 0 Å². The van der Waals surface area contributed by atoms with E-state index in [9.17, 15) is 18.0 Å². The summed E-state index contributed by atoms with van der Waals surface area (Å²) in [6, 6.07) is 8.66. The van der Waals surface area contributed by atoms with Crippen molar-refractivity contribution in [1.82, 2.24) is 9.80 Å². The Kier molecular flexibility index (Phi) is 6.99. The zero-order chi connectivity index (χ0) is 21.2. The molecule has 3 nitrogen and oxygen atoms in total. The van der Waals surface area contributed by atoms with Crippen molar-refractivity contribution in [2.24, 2.45) is 0 Å². The Labute approximate surface area is 181 Å². The van der Waals surface area contributed by atoms with Crippen LogP contribution >= 0.6 is 34.8 Å². The summed E-state index contributed by atoms with van der Waals surface area (Å²) in [7, 11) is 0. The van der Waals surface area contributed by atoms with E-state index in [1.165, 1.54) is 24.3 Å². The molecule has 29 heavy (non-hydrogen) atoms. The van der Waals surface area contributed by atoms with Gasteiger partial charge in [0.2, 0.25) is 0 Å². The van der Waals surface area contributed by atoms with Crippen LogP contribution in [0.15, 0.2) is 36.4 Å². The van der Waals surface area contributed by atoms with Crippen molar-refractivity contribution in [2.45, 2.75) is 12.6 Å². The van der Waals surface area contributed by atoms with Gasteiger partial charge in [-0.05, 0) is 30.2 Å². The molecule has 2 aromatic carbocycles. The fourth-order valence-corrected chi connectivity index (χ4v) is 4.04. The molecule has 156 valence electrons. The molecule has 0 unspecified atom stereocenters. The number of hydrogen-bond acceptors (Lipinski definition) is 2. The van der Waals surface area contributed by atoms with E-state index in [-0.39, 0.29) is 38.5 Å². The molecule has 0 bridgehead atoms. The third-order valence-electron chi connectivity index (χ3n) is 4.94. The Bertz CT molecular complexity index is 897. The first-order valence-corrected chi connectivity index (χ1v) is 10.1. The molecule has 1 heterocycles. The molecule has 3 rings (SSSR count). The zero-order valence-corrected chi connectivity index (χ0v) is 17.5. The first kappa shape index (κ1) is 22.2. The van der Waals surface area contributed by atoms with Crippen LogP contribution in [0.3, 0.4) is 0 Å². The average molecular weight is 466 g/mol. The molecule has 1 saturated heterocycles. The molecule has 0 spiro atoms. The minimum absolute atomic E-state index is 0.121. The summed E-state index contributed by atoms with van der Waals surface area (Å²) >= 11 is 18.3. The quantitative estimate of drug-likeness (QED) is 0.544. The summed E-state index contributed by atoms with van der Waals surface area (Å²) in [5, 5.41) is 0.604. The van der Waals surface area contributed by atoms with Gasteiger partial charge in [-0.3, -0.25) is 9.69 Å². The van der Waals surface area contributed by atoms with Crippen molar-refractivity contribution in [3.05, 3.63) is 68.2 Å². The molecule has 0 saturated carbocycles.